The average Bonchev–Trinajstić information content (AvgIpc) is 2.49. The minimum Gasteiger partial charge on any atom is -0.334 e. The second-order valence-corrected chi connectivity index (χ2v) is 5.49. The van der Waals surface area contributed by atoms with Gasteiger partial charge in [-0.1, -0.05) is 0 Å². The Morgan fingerprint density at radius 3 is 2.55 bits per heavy atom. The zero-order valence-corrected chi connectivity index (χ0v) is 12.1. The predicted molar refractivity (Wildman–Crippen MR) is 73.5 cm³/mol. The lowest BCUT2D eigenvalue weighted by molar-refractivity contribution is 0.233. The molecule has 0 unspecified atom stereocenters. The number of halogens is 4. The summed E-state index contributed by atoms with van der Waals surface area (Å²) in [6, 6.07) is 0.212. The molecule has 0 spiro atoms. The van der Waals surface area contributed by atoms with Gasteiger partial charge >= 0.3 is 0 Å². The van der Waals surface area contributed by atoms with Gasteiger partial charge in [-0.25, -0.2) is 22.5 Å². The first-order chi connectivity index (χ1) is 10.5. The quantitative estimate of drug-likeness (QED) is 0.521. The van der Waals surface area contributed by atoms with E-state index in [1.165, 1.54) is 0 Å². The Hall–Kier alpha value is -1.80. The standard InChI is InChI=1S/C14H11F4N3S/c15-9-3-10(16)13(18)8(12(9)17)6-21-2-1-11-7(5-21)4-19-14(22)20-11/h3-4H,1-2,5-6H2,(H,19,20,22). The second-order valence-electron chi connectivity index (χ2n) is 5.10. The number of hydrogen-bond acceptors (Lipinski definition) is 3. The number of aromatic amines is 1. The van der Waals surface area contributed by atoms with Crippen molar-refractivity contribution in [3.63, 3.8) is 0 Å². The number of benzene rings is 1. The maximum absolute atomic E-state index is 13.7. The third kappa shape index (κ3) is 2.76. The van der Waals surface area contributed by atoms with Crippen molar-refractivity contribution in [1.29, 1.82) is 0 Å². The summed E-state index contributed by atoms with van der Waals surface area (Å²) in [7, 11) is 0. The van der Waals surface area contributed by atoms with Crippen LogP contribution in [0.2, 0.25) is 0 Å². The van der Waals surface area contributed by atoms with Crippen LogP contribution < -0.4 is 0 Å². The highest BCUT2D eigenvalue weighted by Gasteiger charge is 2.23. The lowest BCUT2D eigenvalue weighted by Crippen LogP contribution is -2.31. The van der Waals surface area contributed by atoms with Gasteiger partial charge in [0, 0.05) is 55.1 Å². The van der Waals surface area contributed by atoms with Crippen molar-refractivity contribution in [1.82, 2.24) is 14.9 Å². The van der Waals surface area contributed by atoms with E-state index in [1.54, 1.807) is 11.1 Å². The molecule has 0 saturated carbocycles. The summed E-state index contributed by atoms with van der Waals surface area (Å²) >= 11 is 4.93. The fraction of sp³-hybridized carbons (Fsp3) is 0.286. The van der Waals surface area contributed by atoms with Crippen molar-refractivity contribution in [2.24, 2.45) is 0 Å². The van der Waals surface area contributed by atoms with Gasteiger partial charge in [0.2, 0.25) is 0 Å². The Morgan fingerprint density at radius 1 is 1.18 bits per heavy atom. The lowest BCUT2D eigenvalue weighted by atomic mass is 10.1. The zero-order chi connectivity index (χ0) is 15.9. The van der Waals surface area contributed by atoms with E-state index in [1.807, 2.05) is 0 Å². The molecule has 1 N–H and O–H groups in total. The highest BCUT2D eigenvalue weighted by atomic mass is 32.1. The molecule has 1 aliphatic rings. The van der Waals surface area contributed by atoms with Gasteiger partial charge in [-0.2, -0.15) is 0 Å². The Kier molecular flexibility index (Phi) is 3.96. The molecule has 8 heteroatoms. The number of aromatic nitrogens is 2. The first-order valence-electron chi connectivity index (χ1n) is 6.57. The van der Waals surface area contributed by atoms with Crippen molar-refractivity contribution in [2.45, 2.75) is 19.5 Å². The van der Waals surface area contributed by atoms with Gasteiger partial charge in [0.05, 0.1) is 0 Å². The van der Waals surface area contributed by atoms with Crippen LogP contribution in [0.3, 0.4) is 0 Å². The van der Waals surface area contributed by atoms with Crippen LogP contribution in [0.25, 0.3) is 0 Å². The van der Waals surface area contributed by atoms with Gasteiger partial charge in [0.1, 0.15) is 0 Å². The molecule has 2 aromatic rings. The smallest absolute Gasteiger partial charge is 0.196 e. The van der Waals surface area contributed by atoms with E-state index < -0.39 is 28.8 Å². The monoisotopic (exact) mass is 329 g/mol. The van der Waals surface area contributed by atoms with Crippen molar-refractivity contribution < 1.29 is 17.6 Å². The molecule has 0 fully saturated rings. The van der Waals surface area contributed by atoms with Gasteiger partial charge in [-0.3, -0.25) is 4.90 Å². The van der Waals surface area contributed by atoms with E-state index in [-0.39, 0.29) is 12.6 Å². The van der Waals surface area contributed by atoms with Gasteiger partial charge in [0.15, 0.2) is 28.0 Å². The van der Waals surface area contributed by atoms with Crippen LogP contribution in [0.15, 0.2) is 12.3 Å². The molecule has 1 aliphatic heterocycles. The SMILES string of the molecule is Fc1cc(F)c(F)c(CN2CCc3[nH]c(=S)ncc3C2)c1F. The fourth-order valence-electron chi connectivity index (χ4n) is 2.53. The summed E-state index contributed by atoms with van der Waals surface area (Å²) in [4.78, 5) is 8.62. The lowest BCUT2D eigenvalue weighted by Gasteiger charge is -2.28. The van der Waals surface area contributed by atoms with Crippen molar-refractivity contribution in [3.05, 3.63) is 57.1 Å². The molecule has 116 valence electrons. The molecule has 0 bridgehead atoms. The Morgan fingerprint density at radius 2 is 1.86 bits per heavy atom. The molecule has 0 atom stereocenters. The molecule has 3 nitrogen and oxygen atoms in total. The Bertz CT molecular complexity index is 764. The van der Waals surface area contributed by atoms with Crippen LogP contribution in [0.5, 0.6) is 0 Å². The number of hydrogen-bond donors (Lipinski definition) is 1. The molecule has 22 heavy (non-hydrogen) atoms. The normalized spacial score (nSPS) is 14.9. The van der Waals surface area contributed by atoms with Crippen LogP contribution in [0.1, 0.15) is 16.8 Å². The summed E-state index contributed by atoms with van der Waals surface area (Å²) in [5.41, 5.74) is 1.16. The second kappa shape index (κ2) is 5.77. The highest BCUT2D eigenvalue weighted by Crippen LogP contribution is 2.23. The van der Waals surface area contributed by atoms with Gasteiger partial charge in [0.25, 0.3) is 0 Å². The van der Waals surface area contributed by atoms with E-state index in [0.717, 1.165) is 11.3 Å². The number of fused-ring (bicyclic) bond motifs is 1. The summed E-state index contributed by atoms with van der Waals surface area (Å²) in [6.07, 6.45) is 2.18. The Labute approximate surface area is 128 Å². The van der Waals surface area contributed by atoms with E-state index >= 15 is 0 Å². The van der Waals surface area contributed by atoms with Crippen molar-refractivity contribution in [3.8, 4) is 0 Å². The largest absolute Gasteiger partial charge is 0.334 e. The van der Waals surface area contributed by atoms with Crippen molar-refractivity contribution >= 4 is 12.2 Å². The highest BCUT2D eigenvalue weighted by molar-refractivity contribution is 7.71. The van der Waals surface area contributed by atoms with Crippen LogP contribution in [0, 0.1) is 28.0 Å². The summed E-state index contributed by atoms with van der Waals surface area (Å²) in [5, 5.41) is 0. The van der Waals surface area contributed by atoms with E-state index in [9.17, 15) is 17.6 Å². The van der Waals surface area contributed by atoms with Gasteiger partial charge < -0.3 is 4.98 Å². The summed E-state index contributed by atoms with van der Waals surface area (Å²) in [6.45, 7) is 0.631. The van der Waals surface area contributed by atoms with Crippen LogP contribution in [-0.2, 0) is 19.5 Å². The fourth-order valence-corrected chi connectivity index (χ4v) is 2.70. The van der Waals surface area contributed by atoms with E-state index in [2.05, 4.69) is 9.97 Å². The molecule has 0 radical (unpaired) electrons. The average molecular weight is 329 g/mol. The molecule has 3 rings (SSSR count). The third-order valence-corrected chi connectivity index (χ3v) is 3.85. The maximum Gasteiger partial charge on any atom is 0.196 e. The molecule has 0 aliphatic carbocycles. The molecule has 0 saturated heterocycles. The van der Waals surface area contributed by atoms with Crippen LogP contribution in [-0.4, -0.2) is 21.4 Å². The Balaban J connectivity index is 1.87. The maximum atomic E-state index is 13.7. The molecular formula is C14H11F4N3S. The molecule has 1 aromatic heterocycles. The van der Waals surface area contributed by atoms with E-state index in [0.29, 0.717) is 24.3 Å². The first-order valence-corrected chi connectivity index (χ1v) is 6.98. The third-order valence-electron chi connectivity index (χ3n) is 3.64. The van der Waals surface area contributed by atoms with Gasteiger partial charge in [-0.15, -0.1) is 0 Å². The zero-order valence-electron chi connectivity index (χ0n) is 11.3. The van der Waals surface area contributed by atoms with Crippen LogP contribution >= 0.6 is 12.2 Å². The minimum absolute atomic E-state index is 0.212. The number of nitrogens with zero attached hydrogens (tertiary/aromatic N) is 2. The number of H-pyrrole nitrogens is 1. The van der Waals surface area contributed by atoms with E-state index in [4.69, 9.17) is 12.2 Å². The summed E-state index contributed by atoms with van der Waals surface area (Å²) < 4.78 is 54.2. The number of rotatable bonds is 2. The van der Waals surface area contributed by atoms with Gasteiger partial charge in [-0.05, 0) is 12.2 Å². The molecule has 0 amide bonds. The minimum atomic E-state index is -1.39. The first kappa shape index (κ1) is 15.1. The predicted octanol–water partition coefficient (Wildman–Crippen LogP) is 3.25. The van der Waals surface area contributed by atoms with Crippen molar-refractivity contribution in [2.75, 3.05) is 6.54 Å². The van der Waals surface area contributed by atoms with Crippen LogP contribution in [0.4, 0.5) is 17.6 Å². The molecular weight excluding hydrogens is 318 g/mol. The summed E-state index contributed by atoms with van der Waals surface area (Å²) in [5.74, 6) is -5.49. The topological polar surface area (TPSA) is 31.9 Å². The molecule has 2 heterocycles. The molecule has 1 aromatic carbocycles. The number of nitrogens with one attached hydrogen (secondary N) is 1.